The SMILES string of the molecule is O=C(c1ccc(F)cc1F)N1CCN(c2ccc(C(F)(F)F)cn2)CC1. The second-order valence-electron chi connectivity index (χ2n) is 5.81. The number of piperazine rings is 1. The lowest BCUT2D eigenvalue weighted by Crippen LogP contribution is -2.49. The molecule has 0 unspecified atom stereocenters. The summed E-state index contributed by atoms with van der Waals surface area (Å²) >= 11 is 0. The smallest absolute Gasteiger partial charge is 0.353 e. The number of rotatable bonds is 2. The maximum absolute atomic E-state index is 13.7. The van der Waals surface area contributed by atoms with Crippen molar-refractivity contribution in [1.82, 2.24) is 9.88 Å². The minimum Gasteiger partial charge on any atom is -0.353 e. The van der Waals surface area contributed by atoms with Gasteiger partial charge in [0.1, 0.15) is 17.5 Å². The highest BCUT2D eigenvalue weighted by atomic mass is 19.4. The van der Waals surface area contributed by atoms with Crippen molar-refractivity contribution in [2.24, 2.45) is 0 Å². The van der Waals surface area contributed by atoms with Crippen LogP contribution in [0.4, 0.5) is 27.8 Å². The molecule has 0 bridgehead atoms. The highest BCUT2D eigenvalue weighted by Gasteiger charge is 2.31. The van der Waals surface area contributed by atoms with Crippen LogP contribution in [0.25, 0.3) is 0 Å². The van der Waals surface area contributed by atoms with Crippen molar-refractivity contribution in [3.63, 3.8) is 0 Å². The van der Waals surface area contributed by atoms with Crippen LogP contribution in [-0.4, -0.2) is 42.0 Å². The molecule has 26 heavy (non-hydrogen) atoms. The molecular weight excluding hydrogens is 357 g/mol. The molecule has 2 aromatic rings. The minimum atomic E-state index is -4.45. The summed E-state index contributed by atoms with van der Waals surface area (Å²) in [6.45, 7) is 1.18. The van der Waals surface area contributed by atoms with Crippen LogP contribution in [0.5, 0.6) is 0 Å². The fourth-order valence-corrected chi connectivity index (χ4v) is 2.71. The molecule has 138 valence electrons. The topological polar surface area (TPSA) is 36.4 Å². The number of alkyl halides is 3. The Morgan fingerprint density at radius 1 is 1.00 bits per heavy atom. The average Bonchev–Trinajstić information content (AvgIpc) is 2.61. The number of aromatic nitrogens is 1. The first-order chi connectivity index (χ1) is 12.3. The van der Waals surface area contributed by atoms with E-state index in [0.29, 0.717) is 25.0 Å². The van der Waals surface area contributed by atoms with Crippen molar-refractivity contribution < 1.29 is 26.7 Å². The maximum atomic E-state index is 13.7. The van der Waals surface area contributed by atoms with E-state index in [2.05, 4.69) is 4.98 Å². The third-order valence-corrected chi connectivity index (χ3v) is 4.13. The van der Waals surface area contributed by atoms with Crippen molar-refractivity contribution >= 4 is 11.7 Å². The quantitative estimate of drug-likeness (QED) is 0.760. The number of amides is 1. The Kier molecular flexibility index (Phi) is 4.80. The molecule has 1 fully saturated rings. The zero-order valence-electron chi connectivity index (χ0n) is 13.4. The van der Waals surface area contributed by atoms with Gasteiger partial charge < -0.3 is 9.80 Å². The molecule has 1 amide bonds. The molecule has 4 nitrogen and oxygen atoms in total. The first-order valence-corrected chi connectivity index (χ1v) is 7.78. The molecule has 1 aliphatic rings. The van der Waals surface area contributed by atoms with E-state index >= 15 is 0 Å². The highest BCUT2D eigenvalue weighted by Crippen LogP contribution is 2.29. The van der Waals surface area contributed by atoms with Gasteiger partial charge >= 0.3 is 6.18 Å². The van der Waals surface area contributed by atoms with Crippen LogP contribution in [0.15, 0.2) is 36.5 Å². The molecule has 9 heteroatoms. The van der Waals surface area contributed by atoms with Gasteiger partial charge in [-0.25, -0.2) is 13.8 Å². The van der Waals surface area contributed by atoms with E-state index in [9.17, 15) is 26.7 Å². The Balaban J connectivity index is 1.64. The molecule has 2 heterocycles. The van der Waals surface area contributed by atoms with Gasteiger partial charge in [0.05, 0.1) is 11.1 Å². The van der Waals surface area contributed by atoms with Gasteiger partial charge in [-0.1, -0.05) is 0 Å². The van der Waals surface area contributed by atoms with Crippen LogP contribution in [0.1, 0.15) is 15.9 Å². The largest absolute Gasteiger partial charge is 0.417 e. The van der Waals surface area contributed by atoms with Gasteiger partial charge in [-0.15, -0.1) is 0 Å². The van der Waals surface area contributed by atoms with E-state index in [1.165, 1.54) is 11.0 Å². The third kappa shape index (κ3) is 3.76. The van der Waals surface area contributed by atoms with Crippen molar-refractivity contribution in [3.05, 3.63) is 59.3 Å². The molecule has 0 spiro atoms. The highest BCUT2D eigenvalue weighted by molar-refractivity contribution is 5.94. The summed E-state index contributed by atoms with van der Waals surface area (Å²) in [5.74, 6) is -1.88. The second-order valence-corrected chi connectivity index (χ2v) is 5.81. The standard InChI is InChI=1S/C17H14F5N3O/c18-12-2-3-13(14(19)9-12)16(26)25-7-5-24(6-8-25)15-4-1-11(10-23-15)17(20,21)22/h1-4,9-10H,5-8H2. The van der Waals surface area contributed by atoms with Gasteiger partial charge in [0.15, 0.2) is 0 Å². The van der Waals surface area contributed by atoms with Gasteiger partial charge in [-0.3, -0.25) is 4.79 Å². The Morgan fingerprint density at radius 3 is 2.23 bits per heavy atom. The fourth-order valence-electron chi connectivity index (χ4n) is 2.71. The zero-order valence-corrected chi connectivity index (χ0v) is 13.4. The van der Waals surface area contributed by atoms with Crippen LogP contribution >= 0.6 is 0 Å². The van der Waals surface area contributed by atoms with Crippen molar-refractivity contribution in [2.45, 2.75) is 6.18 Å². The molecule has 1 aromatic heterocycles. The molecule has 0 N–H and O–H groups in total. The summed E-state index contributed by atoms with van der Waals surface area (Å²) in [6.07, 6.45) is -3.68. The van der Waals surface area contributed by atoms with Crippen LogP contribution in [-0.2, 0) is 6.18 Å². The summed E-state index contributed by atoms with van der Waals surface area (Å²) in [5.41, 5.74) is -1.05. The van der Waals surface area contributed by atoms with Gasteiger partial charge in [0.2, 0.25) is 0 Å². The number of pyridine rings is 1. The molecule has 3 rings (SSSR count). The number of nitrogens with zero attached hydrogens (tertiary/aromatic N) is 3. The van der Waals surface area contributed by atoms with Crippen LogP contribution < -0.4 is 4.90 Å². The number of anilines is 1. The molecular formula is C17H14F5N3O. The van der Waals surface area contributed by atoms with Crippen molar-refractivity contribution in [2.75, 3.05) is 31.1 Å². The van der Waals surface area contributed by atoms with Gasteiger partial charge in [0.25, 0.3) is 5.91 Å². The zero-order chi connectivity index (χ0) is 18.9. The van der Waals surface area contributed by atoms with E-state index in [4.69, 9.17) is 0 Å². The lowest BCUT2D eigenvalue weighted by molar-refractivity contribution is -0.137. The number of benzene rings is 1. The number of carbonyl (C=O) groups is 1. The summed E-state index contributed by atoms with van der Waals surface area (Å²) in [5, 5.41) is 0. The second kappa shape index (κ2) is 6.89. The first kappa shape index (κ1) is 18.1. The van der Waals surface area contributed by atoms with Gasteiger partial charge in [0, 0.05) is 38.4 Å². The van der Waals surface area contributed by atoms with Crippen LogP contribution in [0.2, 0.25) is 0 Å². The maximum Gasteiger partial charge on any atom is 0.417 e. The Bertz CT molecular complexity index is 799. The minimum absolute atomic E-state index is 0.215. The molecule has 0 radical (unpaired) electrons. The molecule has 0 aliphatic carbocycles. The molecule has 0 saturated carbocycles. The predicted octanol–water partition coefficient (Wildman–Crippen LogP) is 3.34. The van der Waals surface area contributed by atoms with Gasteiger partial charge in [-0.2, -0.15) is 13.2 Å². The number of hydrogen-bond donors (Lipinski definition) is 0. The predicted molar refractivity (Wildman–Crippen MR) is 83.7 cm³/mol. The van der Waals surface area contributed by atoms with Crippen LogP contribution in [0, 0.1) is 11.6 Å². The monoisotopic (exact) mass is 371 g/mol. The Labute approximate surface area is 145 Å². The first-order valence-electron chi connectivity index (χ1n) is 7.78. The van der Waals surface area contributed by atoms with Crippen molar-refractivity contribution in [1.29, 1.82) is 0 Å². The van der Waals surface area contributed by atoms with E-state index in [1.54, 1.807) is 4.90 Å². The number of carbonyl (C=O) groups excluding carboxylic acids is 1. The van der Waals surface area contributed by atoms with E-state index in [-0.39, 0.29) is 18.7 Å². The van der Waals surface area contributed by atoms with E-state index in [0.717, 1.165) is 24.4 Å². The summed E-state index contributed by atoms with van der Waals surface area (Å²) < 4.78 is 64.4. The lowest BCUT2D eigenvalue weighted by Gasteiger charge is -2.35. The molecule has 1 saturated heterocycles. The number of hydrogen-bond acceptors (Lipinski definition) is 3. The van der Waals surface area contributed by atoms with E-state index < -0.39 is 29.3 Å². The average molecular weight is 371 g/mol. The van der Waals surface area contributed by atoms with Gasteiger partial charge in [-0.05, 0) is 24.3 Å². The lowest BCUT2D eigenvalue weighted by atomic mass is 10.1. The summed E-state index contributed by atoms with van der Waals surface area (Å²) in [6, 6.07) is 4.98. The number of halogens is 5. The Morgan fingerprint density at radius 2 is 1.69 bits per heavy atom. The molecule has 0 atom stereocenters. The molecule has 1 aromatic carbocycles. The van der Waals surface area contributed by atoms with Crippen molar-refractivity contribution in [3.8, 4) is 0 Å². The third-order valence-electron chi connectivity index (χ3n) is 4.13. The summed E-state index contributed by atoms with van der Waals surface area (Å²) in [4.78, 5) is 19.3. The van der Waals surface area contributed by atoms with Crippen LogP contribution in [0.3, 0.4) is 0 Å². The normalized spacial score (nSPS) is 15.3. The summed E-state index contributed by atoms with van der Waals surface area (Å²) in [7, 11) is 0. The van der Waals surface area contributed by atoms with E-state index in [1.807, 2.05) is 0 Å². The fraction of sp³-hybridized carbons (Fsp3) is 0.294. The molecule has 1 aliphatic heterocycles. The Hall–Kier alpha value is -2.71.